The maximum absolute atomic E-state index is 12.2. The average molecular weight is 356 g/mol. The van der Waals surface area contributed by atoms with Crippen LogP contribution in [0.4, 0.5) is 0 Å². The number of carbonyl (C=O) groups is 1. The zero-order chi connectivity index (χ0) is 17.9. The van der Waals surface area contributed by atoms with Crippen LogP contribution in [0.3, 0.4) is 0 Å². The number of Topliss-reactive ketones (excluding diaryl/α,β-unsaturated/α-hetero) is 1. The van der Waals surface area contributed by atoms with E-state index < -0.39 is 21.4 Å². The van der Waals surface area contributed by atoms with Crippen LogP contribution in [0.2, 0.25) is 0 Å². The molecule has 0 saturated heterocycles. The Bertz CT molecular complexity index is 997. The van der Waals surface area contributed by atoms with Gasteiger partial charge in [0.1, 0.15) is 11.4 Å². The molecule has 0 N–H and O–H groups in total. The first kappa shape index (κ1) is 17.0. The molecule has 0 aliphatic carbocycles. The predicted octanol–water partition coefficient (Wildman–Crippen LogP) is 1.95. The summed E-state index contributed by atoms with van der Waals surface area (Å²) in [4.78, 5) is 20.5. The van der Waals surface area contributed by atoms with Crippen LogP contribution in [0.25, 0.3) is 16.9 Å². The maximum atomic E-state index is 12.2. The van der Waals surface area contributed by atoms with Gasteiger partial charge in [-0.1, -0.05) is 13.0 Å². The van der Waals surface area contributed by atoms with Gasteiger partial charge in [0.05, 0.1) is 23.8 Å². The predicted molar refractivity (Wildman–Crippen MR) is 93.2 cm³/mol. The summed E-state index contributed by atoms with van der Waals surface area (Å²) in [5, 5.41) is 4.27. The van der Waals surface area contributed by atoms with E-state index in [1.807, 2.05) is 12.1 Å². The van der Waals surface area contributed by atoms with Crippen molar-refractivity contribution in [1.29, 1.82) is 0 Å². The Morgan fingerprint density at radius 1 is 1.16 bits per heavy atom. The second kappa shape index (κ2) is 6.94. The maximum Gasteiger partial charge on any atom is 0.196 e. The molecule has 8 heteroatoms. The molecule has 0 amide bonds. The van der Waals surface area contributed by atoms with E-state index in [2.05, 4.69) is 15.1 Å². The van der Waals surface area contributed by atoms with Crippen LogP contribution in [-0.2, 0) is 9.84 Å². The monoisotopic (exact) mass is 356 g/mol. The van der Waals surface area contributed by atoms with Crippen molar-refractivity contribution in [3.63, 3.8) is 0 Å². The van der Waals surface area contributed by atoms with Crippen molar-refractivity contribution in [2.45, 2.75) is 6.92 Å². The van der Waals surface area contributed by atoms with Crippen LogP contribution in [0.1, 0.15) is 17.4 Å². The van der Waals surface area contributed by atoms with E-state index in [0.29, 0.717) is 5.69 Å². The molecule has 0 aliphatic heterocycles. The lowest BCUT2D eigenvalue weighted by molar-refractivity contribution is 0.101. The molecule has 0 aromatic carbocycles. The second-order valence-corrected chi connectivity index (χ2v) is 7.75. The Labute approximate surface area is 145 Å². The normalized spacial score (nSPS) is 11.4. The summed E-state index contributed by atoms with van der Waals surface area (Å²) in [6.07, 6.45) is 6.76. The molecule has 0 bridgehead atoms. The topological polar surface area (TPSA) is 94.8 Å². The summed E-state index contributed by atoms with van der Waals surface area (Å²) in [7, 11) is -3.39. The lowest BCUT2D eigenvalue weighted by atomic mass is 10.2. The summed E-state index contributed by atoms with van der Waals surface area (Å²) in [6, 6.07) is 8.61. The number of ketones is 1. The Morgan fingerprint density at radius 2 is 2.00 bits per heavy atom. The Kier molecular flexibility index (Phi) is 4.71. The Hall–Kier alpha value is -2.87. The molecule has 0 radical (unpaired) electrons. The summed E-state index contributed by atoms with van der Waals surface area (Å²) < 4.78 is 24.9. The molecular formula is C17H16N4O3S. The molecule has 0 fully saturated rings. The fourth-order valence-electron chi connectivity index (χ4n) is 2.21. The number of hydrogen-bond acceptors (Lipinski definition) is 6. The van der Waals surface area contributed by atoms with Gasteiger partial charge in [-0.15, -0.1) is 0 Å². The molecule has 3 aromatic heterocycles. The lowest BCUT2D eigenvalue weighted by Crippen LogP contribution is -2.18. The van der Waals surface area contributed by atoms with E-state index in [4.69, 9.17) is 0 Å². The highest BCUT2D eigenvalue weighted by molar-refractivity contribution is 7.92. The van der Waals surface area contributed by atoms with Crippen LogP contribution in [0.5, 0.6) is 0 Å². The zero-order valence-electron chi connectivity index (χ0n) is 13.5. The van der Waals surface area contributed by atoms with Crippen molar-refractivity contribution in [2.75, 3.05) is 11.5 Å². The standard InChI is InChI=1S/C17H16N4O3S/c1-2-25(23,24)12-17(22)16-7-3-6-15(20-16)13-9-19-21(11-13)14-5-4-8-18-10-14/h3-11H,2,12H2,1H3. The summed E-state index contributed by atoms with van der Waals surface area (Å²) in [5.41, 5.74) is 2.20. The molecule has 0 atom stereocenters. The number of sulfone groups is 1. The molecule has 0 aliphatic rings. The highest BCUT2D eigenvalue weighted by atomic mass is 32.2. The van der Waals surface area contributed by atoms with E-state index in [9.17, 15) is 13.2 Å². The van der Waals surface area contributed by atoms with Crippen molar-refractivity contribution in [3.8, 4) is 16.9 Å². The minimum absolute atomic E-state index is 0.0731. The third-order valence-electron chi connectivity index (χ3n) is 3.61. The van der Waals surface area contributed by atoms with Gasteiger partial charge in [-0.05, 0) is 24.3 Å². The first-order chi connectivity index (χ1) is 12.0. The van der Waals surface area contributed by atoms with Gasteiger partial charge < -0.3 is 0 Å². The molecule has 3 heterocycles. The number of aromatic nitrogens is 4. The molecule has 0 saturated carbocycles. The number of nitrogens with zero attached hydrogens (tertiary/aromatic N) is 4. The van der Waals surface area contributed by atoms with E-state index >= 15 is 0 Å². The molecule has 128 valence electrons. The van der Waals surface area contributed by atoms with Gasteiger partial charge in [0, 0.05) is 23.7 Å². The minimum Gasteiger partial charge on any atom is -0.291 e. The molecule has 3 aromatic rings. The van der Waals surface area contributed by atoms with Crippen LogP contribution in [0.15, 0.2) is 55.1 Å². The number of carbonyl (C=O) groups excluding carboxylic acids is 1. The Balaban J connectivity index is 1.87. The lowest BCUT2D eigenvalue weighted by Gasteiger charge is -2.03. The van der Waals surface area contributed by atoms with E-state index in [1.54, 1.807) is 41.6 Å². The third-order valence-corrected chi connectivity index (χ3v) is 5.20. The fraction of sp³-hybridized carbons (Fsp3) is 0.176. The molecule has 3 rings (SSSR count). The molecular weight excluding hydrogens is 340 g/mol. The fourth-order valence-corrected chi connectivity index (χ4v) is 2.96. The van der Waals surface area contributed by atoms with Gasteiger partial charge in [0.15, 0.2) is 15.6 Å². The van der Waals surface area contributed by atoms with Gasteiger partial charge in [-0.25, -0.2) is 18.1 Å². The smallest absolute Gasteiger partial charge is 0.196 e. The van der Waals surface area contributed by atoms with E-state index in [-0.39, 0.29) is 11.4 Å². The van der Waals surface area contributed by atoms with Gasteiger partial charge in [0.2, 0.25) is 0 Å². The quantitative estimate of drug-likeness (QED) is 0.627. The SMILES string of the molecule is CCS(=O)(=O)CC(=O)c1cccc(-c2cnn(-c3cccnc3)c2)n1. The molecule has 7 nitrogen and oxygen atoms in total. The van der Waals surface area contributed by atoms with Crippen LogP contribution in [0, 0.1) is 0 Å². The van der Waals surface area contributed by atoms with Crippen molar-refractivity contribution < 1.29 is 13.2 Å². The molecule has 0 unspecified atom stereocenters. The summed E-state index contributed by atoms with van der Waals surface area (Å²) in [6.45, 7) is 1.51. The van der Waals surface area contributed by atoms with Gasteiger partial charge in [-0.3, -0.25) is 9.78 Å². The van der Waals surface area contributed by atoms with Gasteiger partial charge in [0.25, 0.3) is 0 Å². The highest BCUT2D eigenvalue weighted by Gasteiger charge is 2.18. The van der Waals surface area contributed by atoms with Crippen LogP contribution >= 0.6 is 0 Å². The van der Waals surface area contributed by atoms with Crippen LogP contribution in [-0.4, -0.2) is 45.5 Å². The van der Waals surface area contributed by atoms with Crippen molar-refractivity contribution in [3.05, 3.63) is 60.8 Å². The number of rotatable bonds is 6. The summed E-state index contributed by atoms with van der Waals surface area (Å²) in [5.74, 6) is -1.12. The van der Waals surface area contributed by atoms with Crippen molar-refractivity contribution >= 4 is 15.6 Å². The third kappa shape index (κ3) is 3.97. The van der Waals surface area contributed by atoms with Crippen molar-refractivity contribution in [2.24, 2.45) is 0 Å². The van der Waals surface area contributed by atoms with E-state index in [0.717, 1.165) is 11.3 Å². The highest BCUT2D eigenvalue weighted by Crippen LogP contribution is 2.18. The minimum atomic E-state index is -3.39. The van der Waals surface area contributed by atoms with Crippen LogP contribution < -0.4 is 0 Å². The number of hydrogen-bond donors (Lipinski definition) is 0. The Morgan fingerprint density at radius 3 is 2.72 bits per heavy atom. The molecule has 0 spiro atoms. The average Bonchev–Trinajstić information content (AvgIpc) is 3.12. The zero-order valence-corrected chi connectivity index (χ0v) is 14.3. The van der Waals surface area contributed by atoms with Gasteiger partial charge >= 0.3 is 0 Å². The molecule has 25 heavy (non-hydrogen) atoms. The first-order valence-electron chi connectivity index (χ1n) is 7.64. The number of pyridine rings is 2. The summed E-state index contributed by atoms with van der Waals surface area (Å²) >= 11 is 0. The first-order valence-corrected chi connectivity index (χ1v) is 9.47. The van der Waals surface area contributed by atoms with Crippen molar-refractivity contribution in [1.82, 2.24) is 19.7 Å². The largest absolute Gasteiger partial charge is 0.291 e. The second-order valence-electron chi connectivity index (χ2n) is 5.39. The van der Waals surface area contributed by atoms with E-state index in [1.165, 1.54) is 13.0 Å². The van der Waals surface area contributed by atoms with Gasteiger partial charge in [-0.2, -0.15) is 5.10 Å².